The molecule has 88 valence electrons. The maximum absolute atomic E-state index is 9.45. The van der Waals surface area contributed by atoms with Crippen molar-refractivity contribution in [2.24, 2.45) is 0 Å². The number of aryl methyl sites for hydroxylation is 1. The van der Waals surface area contributed by atoms with Crippen LogP contribution in [0.5, 0.6) is 0 Å². The number of anilines is 1. The molecule has 1 unspecified atom stereocenters. The van der Waals surface area contributed by atoms with Crippen molar-refractivity contribution in [3.63, 3.8) is 0 Å². The minimum atomic E-state index is -0.456. The fourth-order valence-corrected chi connectivity index (χ4v) is 1.94. The first-order valence-electron chi connectivity index (χ1n) is 5.56. The molecule has 0 saturated carbocycles. The molecule has 3 rings (SSSR count). The van der Waals surface area contributed by atoms with Crippen LogP contribution in [0.15, 0.2) is 24.3 Å². The number of rotatable bonds is 1. The van der Waals surface area contributed by atoms with E-state index in [2.05, 4.69) is 9.97 Å². The van der Waals surface area contributed by atoms with Gasteiger partial charge in [-0.25, -0.2) is 15.0 Å². The minimum absolute atomic E-state index is 0.313. The Balaban J connectivity index is 2.07. The van der Waals surface area contributed by atoms with E-state index in [0.717, 1.165) is 16.7 Å². The molecule has 0 radical (unpaired) electrons. The van der Waals surface area contributed by atoms with E-state index >= 15 is 0 Å². The number of hydroxylamine groups is 1. The topological polar surface area (TPSA) is 58.5 Å². The van der Waals surface area contributed by atoms with Crippen LogP contribution >= 0.6 is 0 Å². The van der Waals surface area contributed by atoms with Crippen LogP contribution in [-0.2, 0) is 4.84 Å². The third-order valence-corrected chi connectivity index (χ3v) is 2.76. The molecule has 0 bridgehead atoms. The van der Waals surface area contributed by atoms with Gasteiger partial charge in [-0.1, -0.05) is 12.1 Å². The van der Waals surface area contributed by atoms with E-state index in [4.69, 9.17) is 4.84 Å². The Morgan fingerprint density at radius 2 is 2.00 bits per heavy atom. The lowest BCUT2D eigenvalue weighted by atomic mass is 10.3. The highest BCUT2D eigenvalue weighted by Gasteiger charge is 2.24. The Morgan fingerprint density at radius 1 is 1.29 bits per heavy atom. The Kier molecular flexibility index (Phi) is 2.42. The van der Waals surface area contributed by atoms with Crippen LogP contribution in [0.3, 0.4) is 0 Å². The minimum Gasteiger partial charge on any atom is -0.389 e. The second-order valence-electron chi connectivity index (χ2n) is 4.13. The maximum atomic E-state index is 9.45. The standard InChI is InChI=1S/C12H13N3O2/c1-8-12(15-6-9(16)7-17-15)14-11-5-3-2-4-10(11)13-8/h2-5,9,16H,6-7H2,1H3. The fourth-order valence-electron chi connectivity index (χ4n) is 1.94. The molecule has 1 fully saturated rings. The highest BCUT2D eigenvalue weighted by molar-refractivity contribution is 5.76. The number of β-amino-alcohol motifs (C(OH)–C–C–N with tert-alkyl or cyclic N) is 1. The van der Waals surface area contributed by atoms with Crippen molar-refractivity contribution in [1.29, 1.82) is 0 Å². The number of aliphatic hydroxyl groups is 1. The van der Waals surface area contributed by atoms with E-state index in [1.54, 1.807) is 5.06 Å². The molecule has 1 aromatic carbocycles. The molecule has 1 N–H and O–H groups in total. The predicted molar refractivity (Wildman–Crippen MR) is 63.6 cm³/mol. The SMILES string of the molecule is Cc1nc2ccccc2nc1N1CC(O)CO1. The van der Waals surface area contributed by atoms with Crippen LogP contribution in [0, 0.1) is 6.92 Å². The van der Waals surface area contributed by atoms with Crippen molar-refractivity contribution in [3.8, 4) is 0 Å². The zero-order valence-corrected chi connectivity index (χ0v) is 9.50. The van der Waals surface area contributed by atoms with Crippen molar-refractivity contribution in [2.75, 3.05) is 18.2 Å². The average molecular weight is 231 g/mol. The third kappa shape index (κ3) is 1.83. The van der Waals surface area contributed by atoms with Gasteiger partial charge in [0.2, 0.25) is 0 Å². The zero-order chi connectivity index (χ0) is 11.8. The Bertz CT molecular complexity index is 558. The molecule has 5 nitrogen and oxygen atoms in total. The first-order chi connectivity index (χ1) is 8.24. The van der Waals surface area contributed by atoms with Crippen molar-refractivity contribution < 1.29 is 9.94 Å². The molecule has 1 saturated heterocycles. The van der Waals surface area contributed by atoms with Crippen molar-refractivity contribution in [2.45, 2.75) is 13.0 Å². The van der Waals surface area contributed by atoms with Crippen LogP contribution in [0.4, 0.5) is 5.82 Å². The quantitative estimate of drug-likeness (QED) is 0.795. The summed E-state index contributed by atoms with van der Waals surface area (Å²) in [7, 11) is 0. The second kappa shape index (κ2) is 3.94. The average Bonchev–Trinajstić information content (AvgIpc) is 2.75. The summed E-state index contributed by atoms with van der Waals surface area (Å²) >= 11 is 0. The number of hydrogen-bond donors (Lipinski definition) is 1. The van der Waals surface area contributed by atoms with Crippen molar-refractivity contribution >= 4 is 16.9 Å². The highest BCUT2D eigenvalue weighted by atomic mass is 16.7. The van der Waals surface area contributed by atoms with Gasteiger partial charge in [0.25, 0.3) is 0 Å². The normalized spacial score (nSPS) is 20.1. The predicted octanol–water partition coefficient (Wildman–Crippen LogP) is 1.05. The van der Waals surface area contributed by atoms with Gasteiger partial charge in [0, 0.05) is 0 Å². The van der Waals surface area contributed by atoms with Crippen LogP contribution in [0.25, 0.3) is 11.0 Å². The first-order valence-corrected chi connectivity index (χ1v) is 5.56. The van der Waals surface area contributed by atoms with Gasteiger partial charge in [0.15, 0.2) is 5.82 Å². The number of aliphatic hydroxyl groups excluding tert-OH is 1. The van der Waals surface area contributed by atoms with Crippen molar-refractivity contribution in [3.05, 3.63) is 30.0 Å². The van der Waals surface area contributed by atoms with Gasteiger partial charge in [-0.05, 0) is 19.1 Å². The van der Waals surface area contributed by atoms with Crippen LogP contribution in [-0.4, -0.2) is 34.3 Å². The smallest absolute Gasteiger partial charge is 0.174 e. The lowest BCUT2D eigenvalue weighted by molar-refractivity contribution is 0.115. The largest absolute Gasteiger partial charge is 0.389 e. The molecule has 1 aliphatic rings. The van der Waals surface area contributed by atoms with Gasteiger partial charge in [0.05, 0.1) is 29.4 Å². The molecule has 0 amide bonds. The van der Waals surface area contributed by atoms with E-state index in [9.17, 15) is 5.11 Å². The molecular formula is C12H13N3O2. The van der Waals surface area contributed by atoms with Crippen molar-refractivity contribution in [1.82, 2.24) is 9.97 Å². The number of hydrogen-bond acceptors (Lipinski definition) is 5. The molecular weight excluding hydrogens is 218 g/mol. The van der Waals surface area contributed by atoms with Gasteiger partial charge in [0.1, 0.15) is 6.61 Å². The molecule has 1 aliphatic heterocycles. The number of benzene rings is 1. The number of fused-ring (bicyclic) bond motifs is 1. The summed E-state index contributed by atoms with van der Waals surface area (Å²) in [6.45, 7) is 2.64. The van der Waals surface area contributed by atoms with E-state index in [-0.39, 0.29) is 0 Å². The summed E-state index contributed by atoms with van der Waals surface area (Å²) in [5.74, 6) is 0.681. The molecule has 0 spiro atoms. The summed E-state index contributed by atoms with van der Waals surface area (Å²) in [6.07, 6.45) is -0.456. The number of nitrogens with zero attached hydrogens (tertiary/aromatic N) is 3. The molecule has 2 heterocycles. The monoisotopic (exact) mass is 231 g/mol. The second-order valence-corrected chi connectivity index (χ2v) is 4.13. The molecule has 0 aliphatic carbocycles. The molecule has 5 heteroatoms. The summed E-state index contributed by atoms with van der Waals surface area (Å²) in [4.78, 5) is 14.4. The summed E-state index contributed by atoms with van der Waals surface area (Å²) in [5.41, 5.74) is 2.50. The van der Waals surface area contributed by atoms with E-state index in [1.165, 1.54) is 0 Å². The lowest BCUT2D eigenvalue weighted by Crippen LogP contribution is -2.22. The zero-order valence-electron chi connectivity index (χ0n) is 9.50. The summed E-state index contributed by atoms with van der Waals surface area (Å²) in [5, 5.41) is 11.1. The maximum Gasteiger partial charge on any atom is 0.174 e. The van der Waals surface area contributed by atoms with Crippen LogP contribution in [0.2, 0.25) is 0 Å². The third-order valence-electron chi connectivity index (χ3n) is 2.76. The van der Waals surface area contributed by atoms with E-state index < -0.39 is 6.10 Å². The molecule has 17 heavy (non-hydrogen) atoms. The van der Waals surface area contributed by atoms with Gasteiger partial charge < -0.3 is 5.11 Å². The highest BCUT2D eigenvalue weighted by Crippen LogP contribution is 2.22. The number of para-hydroxylation sites is 2. The fraction of sp³-hybridized carbons (Fsp3) is 0.333. The molecule has 2 aromatic rings. The lowest BCUT2D eigenvalue weighted by Gasteiger charge is -2.16. The van der Waals surface area contributed by atoms with Crippen LogP contribution < -0.4 is 5.06 Å². The van der Waals surface area contributed by atoms with Gasteiger partial charge in [-0.15, -0.1) is 0 Å². The number of aromatic nitrogens is 2. The molecule has 1 aromatic heterocycles. The van der Waals surface area contributed by atoms with E-state index in [1.807, 2.05) is 31.2 Å². The Hall–Kier alpha value is -1.72. The molecule has 1 atom stereocenters. The van der Waals surface area contributed by atoms with E-state index in [0.29, 0.717) is 19.0 Å². The van der Waals surface area contributed by atoms with Gasteiger partial charge in [-0.3, -0.25) is 4.84 Å². The van der Waals surface area contributed by atoms with Gasteiger partial charge >= 0.3 is 0 Å². The Labute approximate surface area is 98.6 Å². The first kappa shape index (κ1) is 10.4. The summed E-state index contributed by atoms with van der Waals surface area (Å²) < 4.78 is 0. The van der Waals surface area contributed by atoms with Crippen LogP contribution in [0.1, 0.15) is 5.69 Å². The Morgan fingerprint density at radius 3 is 2.65 bits per heavy atom. The van der Waals surface area contributed by atoms with Gasteiger partial charge in [-0.2, -0.15) is 0 Å². The summed E-state index contributed by atoms with van der Waals surface area (Å²) in [6, 6.07) is 7.71.